The highest BCUT2D eigenvalue weighted by molar-refractivity contribution is 5.85. The number of benzene rings is 1. The molecular weight excluding hydrogens is 326 g/mol. The molecule has 2 atom stereocenters. The summed E-state index contributed by atoms with van der Waals surface area (Å²) in [4.78, 5) is 6.80. The molecule has 6 heteroatoms. The number of piperidine rings is 1. The highest BCUT2D eigenvalue weighted by atomic mass is 35.5. The highest BCUT2D eigenvalue weighted by Crippen LogP contribution is 2.37. The number of rotatable bonds is 3. The Bertz CT molecular complexity index is 683. The summed E-state index contributed by atoms with van der Waals surface area (Å²) in [7, 11) is 0. The van der Waals surface area contributed by atoms with E-state index >= 15 is 0 Å². The van der Waals surface area contributed by atoms with Crippen LogP contribution in [-0.2, 0) is 6.42 Å². The molecule has 1 saturated heterocycles. The van der Waals surface area contributed by atoms with Gasteiger partial charge in [-0.3, -0.25) is 0 Å². The summed E-state index contributed by atoms with van der Waals surface area (Å²) in [5.41, 5.74) is 7.58. The largest absolute Gasteiger partial charge is 0.454 e. The fourth-order valence-corrected chi connectivity index (χ4v) is 3.45. The molecule has 0 radical (unpaired) electrons. The Morgan fingerprint density at radius 1 is 1.17 bits per heavy atom. The van der Waals surface area contributed by atoms with E-state index in [-0.39, 0.29) is 18.4 Å². The molecule has 3 heterocycles. The van der Waals surface area contributed by atoms with E-state index in [0.717, 1.165) is 43.2 Å². The third-order valence-electron chi connectivity index (χ3n) is 4.73. The summed E-state index contributed by atoms with van der Waals surface area (Å²) in [6, 6.07) is 12.3. The predicted octanol–water partition coefficient (Wildman–Crippen LogP) is 2.63. The average Bonchev–Trinajstić information content (AvgIpc) is 3.07. The second-order valence-electron chi connectivity index (χ2n) is 6.20. The molecule has 24 heavy (non-hydrogen) atoms. The van der Waals surface area contributed by atoms with Crippen LogP contribution in [0.2, 0.25) is 0 Å². The number of ether oxygens (including phenoxy) is 2. The SMILES string of the molecule is Cl.NC1CCN(c2ccccn2)CC1Cc1cccc2c1OCO2. The van der Waals surface area contributed by atoms with E-state index in [1.165, 1.54) is 5.56 Å². The van der Waals surface area contributed by atoms with Crippen LogP contribution in [0.3, 0.4) is 0 Å². The van der Waals surface area contributed by atoms with Crippen LogP contribution < -0.4 is 20.1 Å². The van der Waals surface area contributed by atoms with E-state index in [2.05, 4.69) is 22.0 Å². The zero-order valence-electron chi connectivity index (χ0n) is 13.4. The summed E-state index contributed by atoms with van der Waals surface area (Å²) in [5, 5.41) is 0. The molecule has 5 nitrogen and oxygen atoms in total. The molecule has 2 unspecified atom stereocenters. The van der Waals surface area contributed by atoms with Crippen LogP contribution in [0.1, 0.15) is 12.0 Å². The number of nitrogens with two attached hydrogens (primary N) is 1. The second kappa shape index (κ2) is 7.28. The third kappa shape index (κ3) is 3.28. The summed E-state index contributed by atoms with van der Waals surface area (Å²) < 4.78 is 11.1. The maximum absolute atomic E-state index is 6.39. The van der Waals surface area contributed by atoms with Gasteiger partial charge in [0.15, 0.2) is 11.5 Å². The van der Waals surface area contributed by atoms with Gasteiger partial charge in [0.2, 0.25) is 6.79 Å². The first-order valence-corrected chi connectivity index (χ1v) is 8.10. The Balaban J connectivity index is 0.00000169. The van der Waals surface area contributed by atoms with Crippen molar-refractivity contribution in [1.82, 2.24) is 4.98 Å². The summed E-state index contributed by atoms with van der Waals surface area (Å²) in [6.45, 7) is 2.19. The van der Waals surface area contributed by atoms with Crippen LogP contribution in [-0.4, -0.2) is 30.9 Å². The smallest absolute Gasteiger partial charge is 0.231 e. The molecule has 1 aromatic carbocycles. The van der Waals surface area contributed by atoms with Crippen molar-refractivity contribution < 1.29 is 9.47 Å². The van der Waals surface area contributed by atoms with Gasteiger partial charge in [0.05, 0.1) is 0 Å². The topological polar surface area (TPSA) is 60.6 Å². The fourth-order valence-electron chi connectivity index (χ4n) is 3.45. The minimum absolute atomic E-state index is 0. The molecule has 128 valence electrons. The molecule has 2 aliphatic rings. The van der Waals surface area contributed by atoms with Crippen molar-refractivity contribution >= 4 is 18.2 Å². The van der Waals surface area contributed by atoms with E-state index in [0.29, 0.717) is 12.7 Å². The van der Waals surface area contributed by atoms with E-state index in [4.69, 9.17) is 15.2 Å². The summed E-state index contributed by atoms with van der Waals surface area (Å²) >= 11 is 0. The summed E-state index contributed by atoms with van der Waals surface area (Å²) in [6.07, 6.45) is 3.72. The molecule has 2 aromatic rings. The van der Waals surface area contributed by atoms with Crippen molar-refractivity contribution in [3.63, 3.8) is 0 Å². The average molecular weight is 348 g/mol. The number of aromatic nitrogens is 1. The number of nitrogens with zero attached hydrogens (tertiary/aromatic N) is 2. The minimum atomic E-state index is 0. The van der Waals surface area contributed by atoms with Crippen LogP contribution in [0, 0.1) is 5.92 Å². The number of pyridine rings is 1. The Hall–Kier alpha value is -1.98. The maximum Gasteiger partial charge on any atom is 0.231 e. The lowest BCUT2D eigenvalue weighted by Crippen LogP contribution is -2.48. The first-order valence-electron chi connectivity index (χ1n) is 8.10. The van der Waals surface area contributed by atoms with E-state index in [9.17, 15) is 0 Å². The first-order chi connectivity index (χ1) is 11.3. The maximum atomic E-state index is 6.39. The Morgan fingerprint density at radius 3 is 2.92 bits per heavy atom. The van der Waals surface area contributed by atoms with Gasteiger partial charge in [0.1, 0.15) is 5.82 Å². The van der Waals surface area contributed by atoms with Gasteiger partial charge in [-0.2, -0.15) is 0 Å². The van der Waals surface area contributed by atoms with E-state index in [1.807, 2.05) is 30.5 Å². The van der Waals surface area contributed by atoms with Crippen LogP contribution in [0.15, 0.2) is 42.6 Å². The van der Waals surface area contributed by atoms with Gasteiger partial charge in [-0.25, -0.2) is 4.98 Å². The molecule has 0 amide bonds. The number of anilines is 1. The molecule has 2 N–H and O–H groups in total. The fraction of sp³-hybridized carbons (Fsp3) is 0.389. The third-order valence-corrected chi connectivity index (χ3v) is 4.73. The lowest BCUT2D eigenvalue weighted by molar-refractivity contribution is 0.173. The van der Waals surface area contributed by atoms with Crippen molar-refractivity contribution in [1.29, 1.82) is 0 Å². The number of fused-ring (bicyclic) bond motifs is 1. The monoisotopic (exact) mass is 347 g/mol. The Morgan fingerprint density at radius 2 is 2.08 bits per heavy atom. The van der Waals surface area contributed by atoms with Crippen LogP contribution in [0.4, 0.5) is 5.82 Å². The van der Waals surface area contributed by atoms with Gasteiger partial charge in [0.25, 0.3) is 0 Å². The normalized spacial score (nSPS) is 22.1. The van der Waals surface area contributed by atoms with Crippen molar-refractivity contribution in [3.8, 4) is 11.5 Å². The Kier molecular flexibility index (Phi) is 5.11. The standard InChI is InChI=1S/C18H21N3O2.ClH/c19-15-7-9-21(17-6-1-2-8-20-17)11-14(15)10-13-4-3-5-16-18(13)23-12-22-16;/h1-6,8,14-15H,7,9-12,19H2;1H. The summed E-state index contributed by atoms with van der Waals surface area (Å²) in [5.74, 6) is 3.13. The van der Waals surface area contributed by atoms with Crippen LogP contribution in [0.25, 0.3) is 0 Å². The number of halogens is 1. The van der Waals surface area contributed by atoms with Crippen molar-refractivity contribution in [2.75, 3.05) is 24.8 Å². The number of para-hydroxylation sites is 1. The predicted molar refractivity (Wildman–Crippen MR) is 96.0 cm³/mol. The van der Waals surface area contributed by atoms with E-state index in [1.54, 1.807) is 0 Å². The molecule has 0 aliphatic carbocycles. The lowest BCUT2D eigenvalue weighted by Gasteiger charge is -2.37. The molecular formula is C18H22ClN3O2. The van der Waals surface area contributed by atoms with Gasteiger partial charge in [0, 0.05) is 25.3 Å². The second-order valence-corrected chi connectivity index (χ2v) is 6.20. The molecule has 0 bridgehead atoms. The van der Waals surface area contributed by atoms with Gasteiger partial charge in [-0.1, -0.05) is 18.2 Å². The molecule has 0 saturated carbocycles. The number of hydrogen-bond donors (Lipinski definition) is 1. The molecule has 2 aliphatic heterocycles. The highest BCUT2D eigenvalue weighted by Gasteiger charge is 2.29. The van der Waals surface area contributed by atoms with Crippen LogP contribution >= 0.6 is 12.4 Å². The minimum Gasteiger partial charge on any atom is -0.454 e. The molecule has 4 rings (SSSR count). The van der Waals surface area contributed by atoms with Crippen LogP contribution in [0.5, 0.6) is 11.5 Å². The van der Waals surface area contributed by atoms with Gasteiger partial charge in [-0.05, 0) is 42.5 Å². The van der Waals surface area contributed by atoms with Crippen molar-refractivity contribution in [2.24, 2.45) is 11.7 Å². The molecule has 0 spiro atoms. The lowest BCUT2D eigenvalue weighted by atomic mass is 9.87. The van der Waals surface area contributed by atoms with E-state index < -0.39 is 0 Å². The zero-order valence-corrected chi connectivity index (χ0v) is 14.2. The van der Waals surface area contributed by atoms with Crippen molar-refractivity contribution in [3.05, 3.63) is 48.2 Å². The Labute approximate surface area is 148 Å². The quantitative estimate of drug-likeness (QED) is 0.924. The van der Waals surface area contributed by atoms with Gasteiger partial charge in [-0.15, -0.1) is 12.4 Å². The first kappa shape index (κ1) is 16.9. The molecule has 1 aromatic heterocycles. The zero-order chi connectivity index (χ0) is 15.6. The van der Waals surface area contributed by atoms with Crippen molar-refractivity contribution in [2.45, 2.75) is 18.9 Å². The van der Waals surface area contributed by atoms with Gasteiger partial charge >= 0.3 is 0 Å². The number of hydrogen-bond acceptors (Lipinski definition) is 5. The molecule has 1 fully saturated rings. The van der Waals surface area contributed by atoms with Gasteiger partial charge < -0.3 is 20.1 Å².